The van der Waals surface area contributed by atoms with E-state index in [0.29, 0.717) is 4.58 Å². The van der Waals surface area contributed by atoms with Gasteiger partial charge >= 0.3 is 0 Å². The SMILES string of the molecule is C=C(SC)C(SC)SC. The molecule has 0 fully saturated rings. The molecule has 0 nitrogen and oxygen atoms in total. The van der Waals surface area contributed by atoms with Gasteiger partial charge in [0.05, 0.1) is 4.58 Å². The van der Waals surface area contributed by atoms with E-state index in [1.165, 1.54) is 4.91 Å². The molecule has 0 saturated heterocycles. The Balaban J connectivity index is 3.64. The number of thioether (sulfide) groups is 3. The highest BCUT2D eigenvalue weighted by Gasteiger charge is 2.06. The topological polar surface area (TPSA) is 0 Å². The maximum absolute atomic E-state index is 3.94. The van der Waals surface area contributed by atoms with Crippen molar-refractivity contribution in [2.45, 2.75) is 4.58 Å². The lowest BCUT2D eigenvalue weighted by Crippen LogP contribution is -1.94. The van der Waals surface area contributed by atoms with Crippen molar-refractivity contribution in [3.63, 3.8) is 0 Å². The van der Waals surface area contributed by atoms with Gasteiger partial charge in [0.25, 0.3) is 0 Å². The summed E-state index contributed by atoms with van der Waals surface area (Å²) in [5.74, 6) is 0. The summed E-state index contributed by atoms with van der Waals surface area (Å²) in [5, 5.41) is 0. The highest BCUT2D eigenvalue weighted by molar-refractivity contribution is 8.18. The Labute approximate surface area is 70.2 Å². The summed E-state index contributed by atoms with van der Waals surface area (Å²) in [6, 6.07) is 0. The number of hydrogen-bond acceptors (Lipinski definition) is 3. The molecule has 0 radical (unpaired) electrons. The van der Waals surface area contributed by atoms with E-state index < -0.39 is 0 Å². The number of hydrogen-bond donors (Lipinski definition) is 0. The van der Waals surface area contributed by atoms with Gasteiger partial charge < -0.3 is 0 Å². The molecule has 0 aromatic heterocycles. The lowest BCUT2D eigenvalue weighted by Gasteiger charge is -2.11. The fourth-order valence-corrected chi connectivity index (χ4v) is 3.10. The van der Waals surface area contributed by atoms with Crippen LogP contribution in [0.25, 0.3) is 0 Å². The Morgan fingerprint density at radius 1 is 1.22 bits per heavy atom. The molecule has 0 N–H and O–H groups in total. The minimum absolute atomic E-state index is 0.569. The summed E-state index contributed by atoms with van der Waals surface area (Å²) in [7, 11) is 0. The first-order chi connectivity index (χ1) is 4.26. The smallest absolute Gasteiger partial charge is 0.0798 e. The molecule has 0 spiro atoms. The molecule has 9 heavy (non-hydrogen) atoms. The van der Waals surface area contributed by atoms with Crippen LogP contribution in [0.2, 0.25) is 0 Å². The summed E-state index contributed by atoms with van der Waals surface area (Å²) in [4.78, 5) is 1.26. The second-order valence-corrected chi connectivity index (χ2v) is 4.59. The largest absolute Gasteiger partial charge is 0.146 e. The van der Waals surface area contributed by atoms with Gasteiger partial charge in [-0.2, -0.15) is 0 Å². The van der Waals surface area contributed by atoms with Crippen LogP contribution in [-0.2, 0) is 0 Å². The maximum atomic E-state index is 3.94. The molecule has 0 aliphatic carbocycles. The quantitative estimate of drug-likeness (QED) is 0.611. The van der Waals surface area contributed by atoms with Gasteiger partial charge in [-0.15, -0.1) is 35.3 Å². The van der Waals surface area contributed by atoms with Crippen LogP contribution in [-0.4, -0.2) is 23.3 Å². The van der Waals surface area contributed by atoms with Crippen LogP contribution in [0, 0.1) is 0 Å². The van der Waals surface area contributed by atoms with Gasteiger partial charge in [0.2, 0.25) is 0 Å². The molecule has 0 aromatic carbocycles. The Morgan fingerprint density at radius 3 is 1.78 bits per heavy atom. The predicted octanol–water partition coefficient (Wildman–Crippen LogP) is 2.92. The van der Waals surface area contributed by atoms with Crippen molar-refractivity contribution in [3.8, 4) is 0 Å². The van der Waals surface area contributed by atoms with E-state index in [1.807, 2.05) is 23.5 Å². The van der Waals surface area contributed by atoms with E-state index in [4.69, 9.17) is 0 Å². The van der Waals surface area contributed by atoms with Crippen LogP contribution in [0.15, 0.2) is 11.5 Å². The highest BCUT2D eigenvalue weighted by atomic mass is 32.2. The Morgan fingerprint density at radius 2 is 1.67 bits per heavy atom. The molecular weight excluding hydrogens is 168 g/mol. The summed E-state index contributed by atoms with van der Waals surface area (Å²) in [6.07, 6.45) is 6.30. The Hall–Kier alpha value is 0.790. The molecule has 0 unspecified atom stereocenters. The maximum Gasteiger partial charge on any atom is 0.0798 e. The first-order valence-electron chi connectivity index (χ1n) is 2.54. The zero-order valence-corrected chi connectivity index (χ0v) is 8.46. The van der Waals surface area contributed by atoms with Crippen molar-refractivity contribution in [2.75, 3.05) is 18.8 Å². The van der Waals surface area contributed by atoms with Crippen molar-refractivity contribution in [1.29, 1.82) is 0 Å². The summed E-state index contributed by atoms with van der Waals surface area (Å²) >= 11 is 5.44. The van der Waals surface area contributed by atoms with Crippen molar-refractivity contribution in [2.24, 2.45) is 0 Å². The molecule has 0 aromatic rings. The minimum atomic E-state index is 0.569. The predicted molar refractivity (Wildman–Crippen MR) is 53.5 cm³/mol. The van der Waals surface area contributed by atoms with Crippen molar-refractivity contribution in [1.82, 2.24) is 0 Å². The van der Waals surface area contributed by atoms with Gasteiger partial charge in [-0.25, -0.2) is 0 Å². The summed E-state index contributed by atoms with van der Waals surface area (Å²) < 4.78 is 0.569. The van der Waals surface area contributed by atoms with Gasteiger partial charge in [-0.05, 0) is 18.8 Å². The zero-order valence-electron chi connectivity index (χ0n) is 6.01. The van der Waals surface area contributed by atoms with E-state index in [2.05, 4.69) is 25.3 Å². The van der Waals surface area contributed by atoms with Crippen molar-refractivity contribution in [3.05, 3.63) is 11.5 Å². The fourth-order valence-electron chi connectivity index (χ4n) is 0.455. The van der Waals surface area contributed by atoms with E-state index in [0.717, 1.165) is 0 Å². The molecule has 0 heterocycles. The van der Waals surface area contributed by atoms with Gasteiger partial charge in [-0.1, -0.05) is 6.58 Å². The molecule has 54 valence electrons. The standard InChI is InChI=1S/C6H12S3/c1-5(7-2)6(8-3)9-4/h6H,1H2,2-4H3. The Kier molecular flexibility index (Phi) is 6.05. The molecule has 0 rings (SSSR count). The van der Waals surface area contributed by atoms with Gasteiger partial charge in [0.1, 0.15) is 0 Å². The number of rotatable bonds is 4. The van der Waals surface area contributed by atoms with E-state index in [-0.39, 0.29) is 0 Å². The first kappa shape index (κ1) is 9.79. The van der Waals surface area contributed by atoms with Crippen LogP contribution in [0.4, 0.5) is 0 Å². The molecule has 0 aliphatic rings. The third kappa shape index (κ3) is 3.48. The van der Waals surface area contributed by atoms with Gasteiger partial charge in [0, 0.05) is 4.91 Å². The van der Waals surface area contributed by atoms with Crippen molar-refractivity contribution < 1.29 is 0 Å². The van der Waals surface area contributed by atoms with Crippen LogP contribution in [0.1, 0.15) is 0 Å². The lowest BCUT2D eigenvalue weighted by molar-refractivity contribution is 1.63. The average Bonchev–Trinajstić information content (AvgIpc) is 1.90. The normalized spacial score (nSPS) is 10.2. The second kappa shape index (κ2) is 5.57. The van der Waals surface area contributed by atoms with Gasteiger partial charge in [0.15, 0.2) is 0 Å². The second-order valence-electron chi connectivity index (χ2n) is 1.47. The fraction of sp³-hybridized carbons (Fsp3) is 0.667. The first-order valence-corrected chi connectivity index (χ1v) is 6.34. The lowest BCUT2D eigenvalue weighted by atomic mass is 10.7. The third-order valence-electron chi connectivity index (χ3n) is 0.953. The molecule has 0 atom stereocenters. The minimum Gasteiger partial charge on any atom is -0.146 e. The van der Waals surface area contributed by atoms with E-state index in [9.17, 15) is 0 Å². The zero-order chi connectivity index (χ0) is 7.28. The summed E-state index contributed by atoms with van der Waals surface area (Å²) in [6.45, 7) is 3.94. The molecule has 3 heteroatoms. The molecule has 0 aliphatic heterocycles. The molecule has 0 amide bonds. The van der Waals surface area contributed by atoms with E-state index in [1.54, 1.807) is 11.8 Å². The summed E-state index contributed by atoms with van der Waals surface area (Å²) in [5.41, 5.74) is 0. The monoisotopic (exact) mass is 180 g/mol. The van der Waals surface area contributed by atoms with Crippen LogP contribution >= 0.6 is 35.3 Å². The van der Waals surface area contributed by atoms with Gasteiger partial charge in [-0.3, -0.25) is 0 Å². The van der Waals surface area contributed by atoms with Crippen molar-refractivity contribution >= 4 is 35.3 Å². The van der Waals surface area contributed by atoms with Crippen LogP contribution < -0.4 is 0 Å². The average molecular weight is 180 g/mol. The molecule has 0 bridgehead atoms. The van der Waals surface area contributed by atoms with E-state index >= 15 is 0 Å². The molecule has 0 saturated carbocycles. The highest BCUT2D eigenvalue weighted by Crippen LogP contribution is 2.30. The van der Waals surface area contributed by atoms with Crippen LogP contribution in [0.3, 0.4) is 0 Å². The Bertz CT molecular complexity index is 86.3. The third-order valence-corrected chi connectivity index (χ3v) is 4.59. The molecular formula is C6H12S3. The van der Waals surface area contributed by atoms with Crippen LogP contribution in [0.5, 0.6) is 0 Å².